The molecule has 0 N–H and O–H groups in total. The molecular weight excluding hydrogens is 144 g/mol. The Morgan fingerprint density at radius 1 is 0.833 bits per heavy atom. The lowest BCUT2D eigenvalue weighted by Crippen LogP contribution is -2.23. The highest BCUT2D eigenvalue weighted by molar-refractivity contribution is 4.79. The molecule has 0 nitrogen and oxygen atoms in total. The molecular formula is C12H24. The standard InChI is InChI=1S/C12H24/c1-9(2)12(10(3)4)11-7-5-6-8-11/h9-12H,5-8H2,1-4H3. The Hall–Kier alpha value is 0. The van der Waals surface area contributed by atoms with Gasteiger partial charge in [0.1, 0.15) is 0 Å². The zero-order valence-electron chi connectivity index (χ0n) is 9.14. The normalized spacial score (nSPS) is 20.2. The highest BCUT2D eigenvalue weighted by Gasteiger charge is 2.29. The molecule has 0 heterocycles. The summed E-state index contributed by atoms with van der Waals surface area (Å²) >= 11 is 0. The van der Waals surface area contributed by atoms with Gasteiger partial charge in [0.2, 0.25) is 0 Å². The lowest BCUT2D eigenvalue weighted by atomic mass is 9.75. The fraction of sp³-hybridized carbons (Fsp3) is 1.00. The molecule has 0 radical (unpaired) electrons. The molecule has 0 aromatic heterocycles. The third-order valence-corrected chi connectivity index (χ3v) is 3.48. The Bertz CT molecular complexity index is 110. The van der Waals surface area contributed by atoms with Crippen LogP contribution in [0.4, 0.5) is 0 Å². The smallest absolute Gasteiger partial charge is 0.0340 e. The first-order valence-electron chi connectivity index (χ1n) is 5.63. The largest absolute Gasteiger partial charge is 0.0625 e. The fourth-order valence-corrected chi connectivity index (χ4v) is 3.20. The SMILES string of the molecule is CC(C)C(C(C)C)C1CCCC1. The first kappa shape index (κ1) is 10.1. The summed E-state index contributed by atoms with van der Waals surface area (Å²) in [6, 6.07) is 0. The molecule has 1 aliphatic rings. The van der Waals surface area contributed by atoms with Crippen molar-refractivity contribution in [3.63, 3.8) is 0 Å². The van der Waals surface area contributed by atoms with Gasteiger partial charge < -0.3 is 0 Å². The van der Waals surface area contributed by atoms with Crippen molar-refractivity contribution in [1.29, 1.82) is 0 Å². The monoisotopic (exact) mass is 168 g/mol. The number of hydrogen-bond donors (Lipinski definition) is 0. The molecule has 0 aromatic carbocycles. The van der Waals surface area contributed by atoms with E-state index in [0.29, 0.717) is 0 Å². The third-order valence-electron chi connectivity index (χ3n) is 3.48. The Balaban J connectivity index is 2.52. The predicted octanol–water partition coefficient (Wildman–Crippen LogP) is 4.10. The molecule has 1 aliphatic carbocycles. The van der Waals surface area contributed by atoms with Gasteiger partial charge in [0, 0.05) is 0 Å². The maximum absolute atomic E-state index is 2.39. The Morgan fingerprint density at radius 2 is 1.25 bits per heavy atom. The van der Waals surface area contributed by atoms with E-state index in [1.807, 2.05) is 0 Å². The molecule has 0 aromatic rings. The number of rotatable bonds is 3. The van der Waals surface area contributed by atoms with Gasteiger partial charge in [-0.05, 0) is 23.7 Å². The Morgan fingerprint density at radius 3 is 1.58 bits per heavy atom. The molecule has 1 rings (SSSR count). The molecule has 0 spiro atoms. The van der Waals surface area contributed by atoms with Gasteiger partial charge >= 0.3 is 0 Å². The van der Waals surface area contributed by atoms with Crippen molar-refractivity contribution in [3.05, 3.63) is 0 Å². The van der Waals surface area contributed by atoms with Crippen LogP contribution in [0.25, 0.3) is 0 Å². The quantitative estimate of drug-likeness (QED) is 0.595. The minimum absolute atomic E-state index is 0.882. The van der Waals surface area contributed by atoms with E-state index in [1.54, 1.807) is 0 Å². The third kappa shape index (κ3) is 2.24. The maximum Gasteiger partial charge on any atom is -0.0340 e. The topological polar surface area (TPSA) is 0 Å². The summed E-state index contributed by atoms with van der Waals surface area (Å²) in [5.74, 6) is 3.79. The summed E-state index contributed by atoms with van der Waals surface area (Å²) in [7, 11) is 0. The molecule has 12 heavy (non-hydrogen) atoms. The second-order valence-corrected chi connectivity index (χ2v) is 5.11. The Kier molecular flexibility index (Phi) is 3.61. The van der Waals surface area contributed by atoms with Crippen LogP contribution >= 0.6 is 0 Å². The summed E-state index contributed by atoms with van der Waals surface area (Å²) < 4.78 is 0. The minimum Gasteiger partial charge on any atom is -0.0625 e. The average Bonchev–Trinajstić information content (AvgIpc) is 2.37. The van der Waals surface area contributed by atoms with Crippen molar-refractivity contribution < 1.29 is 0 Å². The van der Waals surface area contributed by atoms with E-state index in [9.17, 15) is 0 Å². The predicted molar refractivity (Wildman–Crippen MR) is 55.1 cm³/mol. The van der Waals surface area contributed by atoms with E-state index in [4.69, 9.17) is 0 Å². The molecule has 1 fully saturated rings. The molecule has 1 saturated carbocycles. The van der Waals surface area contributed by atoms with Gasteiger partial charge in [-0.3, -0.25) is 0 Å². The summed E-state index contributed by atoms with van der Waals surface area (Å²) in [4.78, 5) is 0. The van der Waals surface area contributed by atoms with Gasteiger partial charge in [-0.1, -0.05) is 53.4 Å². The maximum atomic E-state index is 2.39. The van der Waals surface area contributed by atoms with Crippen LogP contribution in [0.2, 0.25) is 0 Å². The fourth-order valence-electron chi connectivity index (χ4n) is 3.20. The molecule has 72 valence electrons. The highest BCUT2D eigenvalue weighted by atomic mass is 14.3. The van der Waals surface area contributed by atoms with E-state index in [0.717, 1.165) is 23.7 Å². The van der Waals surface area contributed by atoms with Gasteiger partial charge in [-0.2, -0.15) is 0 Å². The molecule has 0 bridgehead atoms. The zero-order chi connectivity index (χ0) is 9.14. The van der Waals surface area contributed by atoms with Gasteiger partial charge in [0.05, 0.1) is 0 Å². The van der Waals surface area contributed by atoms with E-state index in [-0.39, 0.29) is 0 Å². The van der Waals surface area contributed by atoms with Crippen LogP contribution in [-0.4, -0.2) is 0 Å². The first-order valence-corrected chi connectivity index (χ1v) is 5.63. The first-order chi connectivity index (χ1) is 5.63. The molecule has 0 unspecified atom stereocenters. The van der Waals surface area contributed by atoms with Crippen molar-refractivity contribution >= 4 is 0 Å². The molecule has 0 heteroatoms. The van der Waals surface area contributed by atoms with Gasteiger partial charge in [0.25, 0.3) is 0 Å². The van der Waals surface area contributed by atoms with Crippen molar-refractivity contribution in [1.82, 2.24) is 0 Å². The molecule has 0 aliphatic heterocycles. The van der Waals surface area contributed by atoms with E-state index in [2.05, 4.69) is 27.7 Å². The van der Waals surface area contributed by atoms with Crippen molar-refractivity contribution in [2.24, 2.45) is 23.7 Å². The average molecular weight is 168 g/mol. The lowest BCUT2D eigenvalue weighted by molar-refractivity contribution is 0.189. The summed E-state index contributed by atoms with van der Waals surface area (Å²) in [5.41, 5.74) is 0. The minimum atomic E-state index is 0.882. The van der Waals surface area contributed by atoms with Crippen LogP contribution in [0, 0.1) is 23.7 Å². The molecule has 0 amide bonds. The van der Waals surface area contributed by atoms with Gasteiger partial charge in [-0.15, -0.1) is 0 Å². The van der Waals surface area contributed by atoms with Crippen molar-refractivity contribution in [2.75, 3.05) is 0 Å². The zero-order valence-corrected chi connectivity index (χ0v) is 9.14. The van der Waals surface area contributed by atoms with E-state index in [1.165, 1.54) is 25.7 Å². The van der Waals surface area contributed by atoms with Crippen LogP contribution in [0.3, 0.4) is 0 Å². The second-order valence-electron chi connectivity index (χ2n) is 5.11. The van der Waals surface area contributed by atoms with Crippen molar-refractivity contribution in [3.8, 4) is 0 Å². The van der Waals surface area contributed by atoms with E-state index >= 15 is 0 Å². The van der Waals surface area contributed by atoms with Crippen LogP contribution < -0.4 is 0 Å². The second kappa shape index (κ2) is 4.30. The van der Waals surface area contributed by atoms with Crippen LogP contribution in [-0.2, 0) is 0 Å². The van der Waals surface area contributed by atoms with Crippen LogP contribution in [0.5, 0.6) is 0 Å². The van der Waals surface area contributed by atoms with Crippen molar-refractivity contribution in [2.45, 2.75) is 53.4 Å². The number of hydrogen-bond acceptors (Lipinski definition) is 0. The van der Waals surface area contributed by atoms with Crippen LogP contribution in [0.15, 0.2) is 0 Å². The summed E-state index contributed by atoms with van der Waals surface area (Å²) in [6.45, 7) is 9.57. The Labute approximate surface area is 77.7 Å². The lowest BCUT2D eigenvalue weighted by Gasteiger charge is -2.30. The van der Waals surface area contributed by atoms with Gasteiger partial charge in [-0.25, -0.2) is 0 Å². The summed E-state index contributed by atoms with van der Waals surface area (Å²) in [5, 5.41) is 0. The van der Waals surface area contributed by atoms with Crippen LogP contribution in [0.1, 0.15) is 53.4 Å². The summed E-state index contributed by atoms with van der Waals surface area (Å²) in [6.07, 6.45) is 5.98. The molecule has 0 saturated heterocycles. The molecule has 0 atom stereocenters. The highest BCUT2D eigenvalue weighted by Crippen LogP contribution is 2.38. The van der Waals surface area contributed by atoms with E-state index < -0.39 is 0 Å². The van der Waals surface area contributed by atoms with Gasteiger partial charge in [0.15, 0.2) is 0 Å².